The summed E-state index contributed by atoms with van der Waals surface area (Å²) in [6.07, 6.45) is 4.64. The fourth-order valence-corrected chi connectivity index (χ4v) is 3.03. The largest absolute Gasteiger partial charge is 0.351 e. The van der Waals surface area contributed by atoms with Gasteiger partial charge in [-0.15, -0.1) is 10.2 Å². The molecule has 20 heavy (non-hydrogen) atoms. The minimum atomic E-state index is -0.829. The van der Waals surface area contributed by atoms with Crippen molar-refractivity contribution in [1.82, 2.24) is 20.1 Å². The lowest BCUT2D eigenvalue weighted by atomic mass is 10.4. The van der Waals surface area contributed by atoms with Crippen molar-refractivity contribution in [2.75, 3.05) is 0 Å². The third kappa shape index (κ3) is 2.79. The third-order valence-corrected chi connectivity index (χ3v) is 4.50. The summed E-state index contributed by atoms with van der Waals surface area (Å²) in [5, 5.41) is 10.9. The number of primary amides is 1. The Hall–Kier alpha value is -1.57. The number of carbonyl (C=O) groups is 2. The molecule has 1 aromatic heterocycles. The molecule has 1 heterocycles. The fourth-order valence-electron chi connectivity index (χ4n) is 2.10. The minimum absolute atomic E-state index is 0.402. The molecule has 108 valence electrons. The zero-order valence-corrected chi connectivity index (χ0v) is 12.0. The fraction of sp³-hybridized carbons (Fsp3) is 0.667. The van der Waals surface area contributed by atoms with Crippen LogP contribution in [0.1, 0.15) is 50.4 Å². The van der Waals surface area contributed by atoms with Crippen LogP contribution in [0.2, 0.25) is 0 Å². The predicted molar refractivity (Wildman–Crippen MR) is 73.3 cm³/mol. The summed E-state index contributed by atoms with van der Waals surface area (Å²) in [6.45, 7) is 1.73. The quantitative estimate of drug-likeness (QED) is 0.794. The Morgan fingerprint density at radius 3 is 2.60 bits per heavy atom. The molecule has 0 aromatic carbocycles. The molecule has 3 N–H and O–H groups in total. The average molecular weight is 295 g/mol. The number of hydrogen-bond acceptors (Lipinski definition) is 5. The van der Waals surface area contributed by atoms with Crippen molar-refractivity contribution >= 4 is 23.7 Å². The molecule has 7 nitrogen and oxygen atoms in total. The summed E-state index contributed by atoms with van der Waals surface area (Å²) in [4.78, 5) is 22.4. The lowest BCUT2D eigenvalue weighted by molar-refractivity contribution is -0.119. The molecule has 0 saturated heterocycles. The molecule has 0 radical (unpaired) electrons. The van der Waals surface area contributed by atoms with Gasteiger partial charge in [-0.25, -0.2) is 4.79 Å². The van der Waals surface area contributed by atoms with Crippen LogP contribution in [0.25, 0.3) is 0 Å². The molecular weight excluding hydrogens is 278 g/mol. The highest BCUT2D eigenvalue weighted by Gasteiger charge is 2.37. The summed E-state index contributed by atoms with van der Waals surface area (Å²) in [6, 6.07) is -0.348. The summed E-state index contributed by atoms with van der Waals surface area (Å²) < 4.78 is 2.18. The lowest BCUT2D eigenvalue weighted by Crippen LogP contribution is -2.39. The number of hydrogen-bond donors (Lipinski definition) is 2. The van der Waals surface area contributed by atoms with Crippen LogP contribution in [-0.4, -0.2) is 32.0 Å². The van der Waals surface area contributed by atoms with Crippen LogP contribution in [0.4, 0.5) is 4.79 Å². The van der Waals surface area contributed by atoms with E-state index in [2.05, 4.69) is 20.1 Å². The SMILES string of the molecule is C[C@H](Sc1nnc(C2CC2)n1C1CC1)C(=O)NC(N)=O. The number of thioether (sulfide) groups is 1. The number of nitrogens with one attached hydrogen (secondary N) is 1. The molecule has 2 aliphatic rings. The van der Waals surface area contributed by atoms with Crippen molar-refractivity contribution in [3.05, 3.63) is 5.82 Å². The van der Waals surface area contributed by atoms with Crippen molar-refractivity contribution < 1.29 is 9.59 Å². The van der Waals surface area contributed by atoms with E-state index in [4.69, 9.17) is 5.73 Å². The Bertz CT molecular complexity index is 550. The van der Waals surface area contributed by atoms with Crippen LogP contribution in [0.3, 0.4) is 0 Å². The topological polar surface area (TPSA) is 103 Å². The maximum absolute atomic E-state index is 11.7. The van der Waals surface area contributed by atoms with Gasteiger partial charge in [-0.2, -0.15) is 0 Å². The number of amides is 3. The number of imide groups is 1. The second-order valence-corrected chi connectivity index (χ2v) is 6.64. The maximum atomic E-state index is 11.7. The van der Waals surface area contributed by atoms with E-state index in [1.165, 1.54) is 24.6 Å². The van der Waals surface area contributed by atoms with Gasteiger partial charge in [0.2, 0.25) is 5.91 Å². The van der Waals surface area contributed by atoms with Gasteiger partial charge in [0, 0.05) is 12.0 Å². The van der Waals surface area contributed by atoms with Gasteiger partial charge in [0.25, 0.3) is 0 Å². The van der Waals surface area contributed by atoms with Crippen LogP contribution >= 0.6 is 11.8 Å². The highest BCUT2D eigenvalue weighted by atomic mass is 32.2. The normalized spacial score (nSPS) is 19.6. The van der Waals surface area contributed by atoms with Gasteiger partial charge in [0.15, 0.2) is 5.16 Å². The average Bonchev–Trinajstić information content (AvgIpc) is 3.28. The van der Waals surface area contributed by atoms with Crippen LogP contribution < -0.4 is 11.1 Å². The Morgan fingerprint density at radius 1 is 1.35 bits per heavy atom. The summed E-state index contributed by atoms with van der Waals surface area (Å²) in [5.74, 6) is 1.19. The zero-order valence-electron chi connectivity index (χ0n) is 11.2. The zero-order chi connectivity index (χ0) is 14.3. The van der Waals surface area contributed by atoms with Gasteiger partial charge >= 0.3 is 6.03 Å². The van der Waals surface area contributed by atoms with Gasteiger partial charge in [-0.05, 0) is 32.6 Å². The van der Waals surface area contributed by atoms with E-state index in [9.17, 15) is 9.59 Å². The van der Waals surface area contributed by atoms with Crippen molar-refractivity contribution in [3.8, 4) is 0 Å². The molecule has 1 aromatic rings. The molecule has 0 bridgehead atoms. The van der Waals surface area contributed by atoms with Crippen molar-refractivity contribution in [2.24, 2.45) is 5.73 Å². The molecule has 2 saturated carbocycles. The van der Waals surface area contributed by atoms with E-state index in [0.717, 1.165) is 23.8 Å². The van der Waals surface area contributed by atoms with E-state index in [1.807, 2.05) is 0 Å². The first-order chi connectivity index (χ1) is 9.56. The lowest BCUT2D eigenvalue weighted by Gasteiger charge is -2.11. The number of urea groups is 1. The van der Waals surface area contributed by atoms with Gasteiger partial charge in [0.1, 0.15) is 5.82 Å². The molecule has 2 aliphatic carbocycles. The molecular formula is C12H17N5O2S. The van der Waals surface area contributed by atoms with Crippen LogP contribution in [-0.2, 0) is 4.79 Å². The van der Waals surface area contributed by atoms with E-state index in [1.54, 1.807) is 6.92 Å². The molecule has 0 aliphatic heterocycles. The van der Waals surface area contributed by atoms with Gasteiger partial charge in [-0.3, -0.25) is 10.1 Å². The third-order valence-electron chi connectivity index (χ3n) is 3.44. The molecule has 3 amide bonds. The molecule has 8 heteroatoms. The number of carbonyl (C=O) groups excluding carboxylic acids is 2. The highest BCUT2D eigenvalue weighted by molar-refractivity contribution is 8.00. The molecule has 1 atom stereocenters. The first kappa shape index (κ1) is 13.4. The predicted octanol–water partition coefficient (Wildman–Crippen LogP) is 1.17. The Balaban J connectivity index is 1.73. The first-order valence-corrected chi connectivity index (χ1v) is 7.66. The number of rotatable bonds is 5. The number of aromatic nitrogens is 3. The van der Waals surface area contributed by atoms with Crippen molar-refractivity contribution in [1.29, 1.82) is 0 Å². The Kier molecular flexibility index (Phi) is 3.41. The van der Waals surface area contributed by atoms with Gasteiger partial charge in [0.05, 0.1) is 5.25 Å². The van der Waals surface area contributed by atoms with Gasteiger partial charge < -0.3 is 10.3 Å². The van der Waals surface area contributed by atoms with Crippen LogP contribution in [0, 0.1) is 0 Å². The van der Waals surface area contributed by atoms with Crippen molar-refractivity contribution in [3.63, 3.8) is 0 Å². The smallest absolute Gasteiger partial charge is 0.318 e. The molecule has 2 fully saturated rings. The highest BCUT2D eigenvalue weighted by Crippen LogP contribution is 2.46. The molecule has 0 unspecified atom stereocenters. The van der Waals surface area contributed by atoms with E-state index in [-0.39, 0.29) is 0 Å². The van der Waals surface area contributed by atoms with Crippen LogP contribution in [0.5, 0.6) is 0 Å². The number of nitrogens with zero attached hydrogens (tertiary/aromatic N) is 3. The van der Waals surface area contributed by atoms with E-state index in [0.29, 0.717) is 12.0 Å². The Labute approximate surface area is 120 Å². The summed E-state index contributed by atoms with van der Waals surface area (Å²) >= 11 is 1.32. The summed E-state index contributed by atoms with van der Waals surface area (Å²) in [5.41, 5.74) is 4.95. The van der Waals surface area contributed by atoms with E-state index >= 15 is 0 Å². The standard InChI is InChI=1S/C12H17N5O2S/c1-6(10(18)14-11(13)19)20-12-16-15-9(7-2-3-7)17(12)8-4-5-8/h6-8H,2-5H2,1H3,(H3,13,14,18,19)/t6-/m0/s1. The summed E-state index contributed by atoms with van der Waals surface area (Å²) in [7, 11) is 0. The minimum Gasteiger partial charge on any atom is -0.351 e. The molecule has 3 rings (SSSR count). The van der Waals surface area contributed by atoms with Crippen molar-refractivity contribution in [2.45, 2.75) is 55.0 Å². The first-order valence-electron chi connectivity index (χ1n) is 6.78. The van der Waals surface area contributed by atoms with Crippen LogP contribution in [0.15, 0.2) is 5.16 Å². The Morgan fingerprint density at radius 2 is 2.05 bits per heavy atom. The maximum Gasteiger partial charge on any atom is 0.318 e. The second kappa shape index (κ2) is 5.08. The number of nitrogens with two attached hydrogens (primary N) is 1. The van der Waals surface area contributed by atoms with E-state index < -0.39 is 17.2 Å². The van der Waals surface area contributed by atoms with Gasteiger partial charge in [-0.1, -0.05) is 11.8 Å². The monoisotopic (exact) mass is 295 g/mol. The second-order valence-electron chi connectivity index (χ2n) is 5.33. The molecule has 0 spiro atoms.